The van der Waals surface area contributed by atoms with E-state index in [0.29, 0.717) is 22.8 Å². The van der Waals surface area contributed by atoms with Gasteiger partial charge < -0.3 is 0 Å². The Morgan fingerprint density at radius 3 is 2.37 bits per heavy atom. The zero-order chi connectivity index (χ0) is 28.0. The SMILES string of the molecule is CC(=O)C1Cc2ccc(C=C(C)c3c(F)cccc3Cl)cc2N(S(=O)(=O)c2cccc(C(F)(F)F)c2)C1C. The lowest BCUT2D eigenvalue weighted by atomic mass is 9.85. The van der Waals surface area contributed by atoms with E-state index < -0.39 is 44.4 Å². The minimum atomic E-state index is -4.73. The molecule has 2 unspecified atom stereocenters. The van der Waals surface area contributed by atoms with E-state index in [-0.39, 0.29) is 28.5 Å². The molecular weight excluding hydrogens is 542 g/mol. The van der Waals surface area contributed by atoms with Crippen molar-refractivity contribution in [3.63, 3.8) is 0 Å². The molecule has 10 heteroatoms. The van der Waals surface area contributed by atoms with E-state index >= 15 is 0 Å². The molecule has 3 aromatic rings. The van der Waals surface area contributed by atoms with Gasteiger partial charge in [-0.15, -0.1) is 0 Å². The van der Waals surface area contributed by atoms with E-state index in [1.807, 2.05) is 0 Å². The summed E-state index contributed by atoms with van der Waals surface area (Å²) in [5, 5.41) is 0.211. The maximum absolute atomic E-state index is 14.4. The van der Waals surface area contributed by atoms with Crippen molar-refractivity contribution in [2.24, 2.45) is 5.92 Å². The first kappa shape index (κ1) is 27.9. The van der Waals surface area contributed by atoms with Crippen LogP contribution in [0.15, 0.2) is 65.6 Å². The molecule has 0 saturated carbocycles. The lowest BCUT2D eigenvalue weighted by Gasteiger charge is -2.40. The minimum absolute atomic E-state index is 0.199. The third kappa shape index (κ3) is 5.22. The Labute approximate surface area is 223 Å². The molecular formula is C28H24ClF4NO3S. The van der Waals surface area contributed by atoms with Gasteiger partial charge in [-0.05, 0) is 80.3 Å². The molecule has 0 spiro atoms. The Balaban J connectivity index is 1.87. The third-order valence-corrected chi connectivity index (χ3v) is 8.93. The largest absolute Gasteiger partial charge is 0.416 e. The molecule has 0 radical (unpaired) electrons. The lowest BCUT2D eigenvalue weighted by Crippen LogP contribution is -2.49. The number of carbonyl (C=O) groups is 1. The molecule has 0 fully saturated rings. The second kappa shape index (κ2) is 10.2. The quantitative estimate of drug-likeness (QED) is 0.239. The second-order valence-electron chi connectivity index (χ2n) is 9.30. The maximum atomic E-state index is 14.4. The lowest BCUT2D eigenvalue weighted by molar-refractivity contribution is -0.137. The zero-order valence-electron chi connectivity index (χ0n) is 20.7. The Hall–Kier alpha value is -3.17. The molecule has 4 rings (SSSR count). The van der Waals surface area contributed by atoms with Gasteiger partial charge in [0.05, 0.1) is 27.2 Å². The van der Waals surface area contributed by atoms with Crippen molar-refractivity contribution < 1.29 is 30.8 Å². The number of alkyl halides is 3. The molecule has 4 nitrogen and oxygen atoms in total. The summed E-state index contributed by atoms with van der Waals surface area (Å²) in [6.45, 7) is 4.59. The summed E-state index contributed by atoms with van der Waals surface area (Å²) in [6, 6.07) is 11.9. The molecule has 0 amide bonds. The summed E-state index contributed by atoms with van der Waals surface area (Å²) in [5.74, 6) is -1.44. The van der Waals surface area contributed by atoms with Crippen LogP contribution in [0.1, 0.15) is 43.0 Å². The van der Waals surface area contributed by atoms with E-state index in [1.165, 1.54) is 19.1 Å². The van der Waals surface area contributed by atoms with Crippen LogP contribution in [0.25, 0.3) is 11.6 Å². The van der Waals surface area contributed by atoms with E-state index in [4.69, 9.17) is 11.6 Å². The van der Waals surface area contributed by atoms with Crippen molar-refractivity contribution in [2.45, 2.75) is 44.3 Å². The van der Waals surface area contributed by atoms with Gasteiger partial charge in [0.15, 0.2) is 0 Å². The van der Waals surface area contributed by atoms with Crippen LogP contribution >= 0.6 is 11.6 Å². The second-order valence-corrected chi connectivity index (χ2v) is 11.5. The number of ketones is 1. The van der Waals surface area contributed by atoms with Gasteiger partial charge in [-0.2, -0.15) is 13.2 Å². The van der Waals surface area contributed by atoms with Gasteiger partial charge in [0.2, 0.25) is 0 Å². The molecule has 1 aliphatic rings. The van der Waals surface area contributed by atoms with Crippen LogP contribution in [-0.2, 0) is 27.4 Å². The van der Waals surface area contributed by atoms with Gasteiger partial charge >= 0.3 is 6.18 Å². The van der Waals surface area contributed by atoms with Crippen LogP contribution < -0.4 is 4.31 Å². The van der Waals surface area contributed by atoms with Gasteiger partial charge in [-0.25, -0.2) is 12.8 Å². The molecule has 0 aliphatic carbocycles. The topological polar surface area (TPSA) is 54.5 Å². The fourth-order valence-electron chi connectivity index (χ4n) is 4.81. The van der Waals surface area contributed by atoms with Crippen LogP contribution in [0.2, 0.25) is 5.02 Å². The average Bonchev–Trinajstić information content (AvgIpc) is 2.82. The smallest absolute Gasteiger partial charge is 0.300 e. The Bertz CT molecular complexity index is 1530. The number of halogens is 5. The first-order valence-corrected chi connectivity index (χ1v) is 13.5. The highest BCUT2D eigenvalue weighted by atomic mass is 35.5. The standard InChI is InChI=1S/C28H24ClF4NO3S/c1-16(27-24(29)8-5-9-25(27)30)12-19-10-11-20-14-23(18(3)35)17(2)34(26(20)13-19)38(36,37)22-7-4-6-21(15-22)28(31,32)33/h4-13,15,17,23H,14H2,1-3H3. The summed E-state index contributed by atoms with van der Waals surface area (Å²) < 4.78 is 83.2. The number of anilines is 1. The van der Waals surface area contributed by atoms with Gasteiger partial charge in [0.1, 0.15) is 11.6 Å². The predicted octanol–water partition coefficient (Wildman–Crippen LogP) is 7.40. The Morgan fingerprint density at radius 1 is 1.05 bits per heavy atom. The van der Waals surface area contributed by atoms with Crippen LogP contribution in [0.3, 0.4) is 0 Å². The normalized spacial score (nSPS) is 18.3. The molecule has 3 aromatic carbocycles. The van der Waals surface area contributed by atoms with Crippen LogP contribution in [0, 0.1) is 11.7 Å². The monoisotopic (exact) mass is 565 g/mol. The number of benzene rings is 3. The molecule has 2 atom stereocenters. The van der Waals surface area contributed by atoms with Crippen molar-refractivity contribution in [3.8, 4) is 0 Å². The number of nitrogens with zero attached hydrogens (tertiary/aromatic N) is 1. The van der Waals surface area contributed by atoms with Gasteiger partial charge in [0, 0.05) is 11.5 Å². The summed E-state index contributed by atoms with van der Waals surface area (Å²) in [5.41, 5.74) is 0.918. The summed E-state index contributed by atoms with van der Waals surface area (Å²) in [4.78, 5) is 11.9. The number of fused-ring (bicyclic) bond motifs is 1. The van der Waals surface area contributed by atoms with E-state index in [2.05, 4.69) is 0 Å². The molecule has 0 saturated heterocycles. The Morgan fingerprint density at radius 2 is 1.74 bits per heavy atom. The first-order chi connectivity index (χ1) is 17.7. The Kier molecular flexibility index (Phi) is 7.47. The highest BCUT2D eigenvalue weighted by Gasteiger charge is 2.41. The van der Waals surface area contributed by atoms with Gasteiger partial charge in [0.25, 0.3) is 10.0 Å². The number of rotatable bonds is 5. The van der Waals surface area contributed by atoms with Crippen molar-refractivity contribution >= 4 is 44.7 Å². The molecule has 38 heavy (non-hydrogen) atoms. The van der Waals surface area contributed by atoms with Crippen LogP contribution in [-0.4, -0.2) is 20.2 Å². The van der Waals surface area contributed by atoms with Crippen molar-refractivity contribution in [1.82, 2.24) is 0 Å². The highest BCUT2D eigenvalue weighted by molar-refractivity contribution is 7.92. The summed E-state index contributed by atoms with van der Waals surface area (Å²) in [7, 11) is -4.51. The fraction of sp³-hybridized carbons (Fsp3) is 0.250. The van der Waals surface area contributed by atoms with Gasteiger partial charge in [-0.3, -0.25) is 9.10 Å². The average molecular weight is 566 g/mol. The highest BCUT2D eigenvalue weighted by Crippen LogP contribution is 2.40. The molecule has 200 valence electrons. The first-order valence-electron chi connectivity index (χ1n) is 11.7. The maximum Gasteiger partial charge on any atom is 0.416 e. The van der Waals surface area contributed by atoms with Crippen molar-refractivity contribution in [1.29, 1.82) is 0 Å². The van der Waals surface area contributed by atoms with Gasteiger partial charge in [-0.1, -0.05) is 41.9 Å². The van der Waals surface area contributed by atoms with Crippen molar-refractivity contribution in [2.75, 3.05) is 4.31 Å². The van der Waals surface area contributed by atoms with E-state index in [1.54, 1.807) is 44.2 Å². The van der Waals surface area contributed by atoms with E-state index in [0.717, 1.165) is 22.5 Å². The fourth-order valence-corrected chi connectivity index (χ4v) is 6.89. The number of carbonyl (C=O) groups excluding carboxylic acids is 1. The van der Waals surface area contributed by atoms with Crippen molar-refractivity contribution in [3.05, 3.63) is 93.8 Å². The minimum Gasteiger partial charge on any atom is -0.300 e. The number of allylic oxidation sites excluding steroid dienone is 1. The molecule has 0 aromatic heterocycles. The van der Waals surface area contributed by atoms with E-state index in [9.17, 15) is 30.8 Å². The predicted molar refractivity (Wildman–Crippen MR) is 140 cm³/mol. The third-order valence-electron chi connectivity index (χ3n) is 6.72. The number of hydrogen-bond acceptors (Lipinski definition) is 3. The van der Waals surface area contributed by atoms with Crippen LogP contribution in [0.5, 0.6) is 0 Å². The number of Topliss-reactive ketones (excluding diaryl/α,β-unsaturated/α-hetero) is 1. The molecule has 1 aliphatic heterocycles. The molecule has 0 N–H and O–H groups in total. The molecule has 0 bridgehead atoms. The summed E-state index contributed by atoms with van der Waals surface area (Å²) >= 11 is 6.19. The zero-order valence-corrected chi connectivity index (χ0v) is 22.3. The summed E-state index contributed by atoms with van der Waals surface area (Å²) in [6.07, 6.45) is -2.83. The number of sulfonamides is 1. The number of hydrogen-bond donors (Lipinski definition) is 0. The van der Waals surface area contributed by atoms with Crippen LogP contribution in [0.4, 0.5) is 23.2 Å². The molecule has 1 heterocycles.